The molecule has 22 heavy (non-hydrogen) atoms. The summed E-state index contributed by atoms with van der Waals surface area (Å²) in [5, 5.41) is 31.6. The van der Waals surface area contributed by atoms with Gasteiger partial charge in [0.1, 0.15) is 18.2 Å². The van der Waals surface area contributed by atoms with Gasteiger partial charge in [0.25, 0.3) is 0 Å². The predicted molar refractivity (Wildman–Crippen MR) is 76.1 cm³/mol. The molecule has 8 heteroatoms. The zero-order valence-corrected chi connectivity index (χ0v) is 12.7. The summed E-state index contributed by atoms with van der Waals surface area (Å²) < 4.78 is 17.0. The van der Waals surface area contributed by atoms with Gasteiger partial charge < -0.3 is 29.5 Å². The van der Waals surface area contributed by atoms with Gasteiger partial charge in [-0.15, -0.1) is 0 Å². The topological polar surface area (TPSA) is 118 Å². The van der Waals surface area contributed by atoms with Crippen molar-refractivity contribution in [3.8, 4) is 0 Å². The SMILES string of the molecule is CCC1CC(N=O)C(OC2CC(O)CC(CO)O2)C(CO)O1. The third-order valence-corrected chi connectivity index (χ3v) is 4.24. The summed E-state index contributed by atoms with van der Waals surface area (Å²) in [7, 11) is 0. The average molecular weight is 319 g/mol. The molecule has 2 aliphatic rings. The summed E-state index contributed by atoms with van der Waals surface area (Å²) in [5.74, 6) is 0. The fourth-order valence-corrected chi connectivity index (χ4v) is 3.05. The molecule has 7 unspecified atom stereocenters. The van der Waals surface area contributed by atoms with Crippen LogP contribution in [0.15, 0.2) is 5.18 Å². The fourth-order valence-electron chi connectivity index (χ4n) is 3.05. The fraction of sp³-hybridized carbons (Fsp3) is 1.00. The summed E-state index contributed by atoms with van der Waals surface area (Å²) in [4.78, 5) is 11.1. The molecule has 0 aromatic heterocycles. The Balaban J connectivity index is 2.02. The molecule has 0 spiro atoms. The Kier molecular flexibility index (Phi) is 6.66. The molecule has 7 atom stereocenters. The molecule has 8 nitrogen and oxygen atoms in total. The van der Waals surface area contributed by atoms with Gasteiger partial charge in [-0.3, -0.25) is 0 Å². The second-order valence-corrected chi connectivity index (χ2v) is 5.89. The van der Waals surface area contributed by atoms with E-state index >= 15 is 0 Å². The highest BCUT2D eigenvalue weighted by atomic mass is 16.7. The Morgan fingerprint density at radius 2 is 1.91 bits per heavy atom. The molecule has 128 valence electrons. The Morgan fingerprint density at radius 3 is 2.50 bits per heavy atom. The zero-order valence-electron chi connectivity index (χ0n) is 12.7. The van der Waals surface area contributed by atoms with Gasteiger partial charge in [0.2, 0.25) is 0 Å². The first kappa shape index (κ1) is 17.7. The van der Waals surface area contributed by atoms with Gasteiger partial charge in [0.05, 0.1) is 31.5 Å². The lowest BCUT2D eigenvalue weighted by molar-refractivity contribution is -0.271. The summed E-state index contributed by atoms with van der Waals surface area (Å²) in [6.45, 7) is 1.44. The van der Waals surface area contributed by atoms with Crippen molar-refractivity contribution in [1.82, 2.24) is 0 Å². The molecule has 0 amide bonds. The molecular formula is C14H25NO7. The lowest BCUT2D eigenvalue weighted by Gasteiger charge is -2.41. The molecule has 0 bridgehead atoms. The van der Waals surface area contributed by atoms with Gasteiger partial charge in [-0.2, -0.15) is 4.91 Å². The van der Waals surface area contributed by atoms with Gasteiger partial charge in [-0.25, -0.2) is 0 Å². The van der Waals surface area contributed by atoms with E-state index in [0.29, 0.717) is 12.8 Å². The van der Waals surface area contributed by atoms with E-state index in [0.717, 1.165) is 6.42 Å². The molecule has 2 aliphatic heterocycles. The highest BCUT2D eigenvalue weighted by Gasteiger charge is 2.42. The third kappa shape index (κ3) is 4.21. The average Bonchev–Trinajstić information content (AvgIpc) is 2.54. The molecular weight excluding hydrogens is 294 g/mol. The van der Waals surface area contributed by atoms with Crippen LogP contribution in [0.4, 0.5) is 0 Å². The van der Waals surface area contributed by atoms with E-state index in [2.05, 4.69) is 5.18 Å². The number of aliphatic hydroxyl groups is 3. The van der Waals surface area contributed by atoms with E-state index in [1.807, 2.05) is 6.92 Å². The number of rotatable bonds is 6. The van der Waals surface area contributed by atoms with Crippen LogP contribution in [-0.4, -0.2) is 71.4 Å². The molecule has 0 saturated carbocycles. The van der Waals surface area contributed by atoms with Crippen molar-refractivity contribution in [2.45, 2.75) is 75.5 Å². The molecule has 2 heterocycles. The maximum atomic E-state index is 11.1. The molecule has 2 fully saturated rings. The lowest BCUT2D eigenvalue weighted by Crippen LogP contribution is -2.53. The Hall–Kier alpha value is -0.640. The van der Waals surface area contributed by atoms with Crippen molar-refractivity contribution in [3.05, 3.63) is 4.91 Å². The van der Waals surface area contributed by atoms with Crippen molar-refractivity contribution in [3.63, 3.8) is 0 Å². The van der Waals surface area contributed by atoms with Gasteiger partial charge in [0, 0.05) is 19.3 Å². The first-order valence-corrected chi connectivity index (χ1v) is 7.79. The second-order valence-electron chi connectivity index (χ2n) is 5.89. The van der Waals surface area contributed by atoms with E-state index in [1.165, 1.54) is 0 Å². The Morgan fingerprint density at radius 1 is 1.14 bits per heavy atom. The molecule has 0 aliphatic carbocycles. The summed E-state index contributed by atoms with van der Waals surface area (Å²) in [6, 6.07) is -0.633. The molecule has 3 N–H and O–H groups in total. The van der Waals surface area contributed by atoms with Gasteiger partial charge in [0.15, 0.2) is 6.29 Å². The van der Waals surface area contributed by atoms with Gasteiger partial charge in [-0.05, 0) is 6.42 Å². The van der Waals surface area contributed by atoms with E-state index < -0.39 is 36.7 Å². The quantitative estimate of drug-likeness (QED) is 0.586. The van der Waals surface area contributed by atoms with E-state index in [4.69, 9.17) is 14.2 Å². The minimum absolute atomic E-state index is 0.136. The molecule has 2 rings (SSSR count). The highest BCUT2D eigenvalue weighted by molar-refractivity contribution is 4.91. The zero-order chi connectivity index (χ0) is 16.1. The van der Waals surface area contributed by atoms with Crippen LogP contribution in [0.5, 0.6) is 0 Å². The number of nitroso groups, excluding NO2 is 1. The standard InChI is InChI=1S/C14H25NO7/c1-2-9-5-11(15-19)14(12(7-17)20-9)22-13-4-8(18)3-10(6-16)21-13/h8-14,16-18H,2-7H2,1H3. The number of aliphatic hydroxyl groups excluding tert-OH is 3. The molecule has 0 aromatic rings. The van der Waals surface area contributed by atoms with Crippen LogP contribution in [0, 0.1) is 4.91 Å². The first-order chi connectivity index (χ1) is 10.6. The summed E-state index contributed by atoms with van der Waals surface area (Å²) in [5.41, 5.74) is 0. The second kappa shape index (κ2) is 8.28. The molecule has 2 saturated heterocycles. The molecule has 0 aromatic carbocycles. The molecule has 0 radical (unpaired) electrons. The monoisotopic (exact) mass is 319 g/mol. The van der Waals surface area contributed by atoms with Crippen molar-refractivity contribution < 1.29 is 29.5 Å². The van der Waals surface area contributed by atoms with E-state index in [-0.39, 0.29) is 25.7 Å². The number of ether oxygens (including phenoxy) is 3. The third-order valence-electron chi connectivity index (χ3n) is 4.24. The van der Waals surface area contributed by atoms with Crippen LogP contribution >= 0.6 is 0 Å². The Labute approximate surface area is 129 Å². The van der Waals surface area contributed by atoms with Crippen LogP contribution in [-0.2, 0) is 14.2 Å². The predicted octanol–water partition coefficient (Wildman–Crippen LogP) is -0.0753. The smallest absolute Gasteiger partial charge is 0.161 e. The van der Waals surface area contributed by atoms with Crippen molar-refractivity contribution in [2.24, 2.45) is 5.18 Å². The van der Waals surface area contributed by atoms with Gasteiger partial charge >= 0.3 is 0 Å². The number of nitrogens with zero attached hydrogens (tertiary/aromatic N) is 1. The van der Waals surface area contributed by atoms with Crippen LogP contribution in [0.2, 0.25) is 0 Å². The first-order valence-electron chi connectivity index (χ1n) is 7.79. The van der Waals surface area contributed by atoms with E-state index in [9.17, 15) is 20.2 Å². The highest BCUT2D eigenvalue weighted by Crippen LogP contribution is 2.30. The van der Waals surface area contributed by atoms with Crippen molar-refractivity contribution >= 4 is 0 Å². The maximum Gasteiger partial charge on any atom is 0.161 e. The minimum atomic E-state index is -0.758. The lowest BCUT2D eigenvalue weighted by atomic mass is 9.94. The largest absolute Gasteiger partial charge is 0.394 e. The van der Waals surface area contributed by atoms with Crippen LogP contribution in [0.3, 0.4) is 0 Å². The van der Waals surface area contributed by atoms with Crippen molar-refractivity contribution in [2.75, 3.05) is 13.2 Å². The minimum Gasteiger partial charge on any atom is -0.394 e. The summed E-state index contributed by atoms with van der Waals surface area (Å²) in [6.07, 6.45) is -1.68. The van der Waals surface area contributed by atoms with Crippen LogP contribution in [0.1, 0.15) is 32.6 Å². The number of hydrogen-bond donors (Lipinski definition) is 3. The van der Waals surface area contributed by atoms with Gasteiger partial charge in [-0.1, -0.05) is 12.1 Å². The Bertz CT molecular complexity index is 356. The number of hydrogen-bond acceptors (Lipinski definition) is 8. The van der Waals surface area contributed by atoms with Crippen molar-refractivity contribution in [1.29, 1.82) is 0 Å². The van der Waals surface area contributed by atoms with Crippen LogP contribution in [0.25, 0.3) is 0 Å². The maximum absolute atomic E-state index is 11.1. The van der Waals surface area contributed by atoms with E-state index in [1.54, 1.807) is 0 Å². The van der Waals surface area contributed by atoms with Crippen LogP contribution < -0.4 is 0 Å². The summed E-state index contributed by atoms with van der Waals surface area (Å²) >= 11 is 0. The normalized spacial score (nSPS) is 43.0.